The van der Waals surface area contributed by atoms with Crippen molar-refractivity contribution < 1.29 is 19.1 Å². The van der Waals surface area contributed by atoms with Crippen LogP contribution in [0.15, 0.2) is 24.3 Å². The summed E-state index contributed by atoms with van der Waals surface area (Å²) in [5, 5.41) is 9.09. The number of carbonyl (C=O) groups excluding carboxylic acids is 1. The number of nitrogens with zero attached hydrogens (tertiary/aromatic N) is 1. The number of rotatable bonds is 4. The molecule has 1 aromatic rings. The minimum atomic E-state index is -1.04. The van der Waals surface area contributed by atoms with Crippen LogP contribution in [-0.4, -0.2) is 35.0 Å². The van der Waals surface area contributed by atoms with Gasteiger partial charge in [0.1, 0.15) is 11.9 Å². The first kappa shape index (κ1) is 15.5. The van der Waals surface area contributed by atoms with Gasteiger partial charge in [0.15, 0.2) is 0 Å². The summed E-state index contributed by atoms with van der Waals surface area (Å²) >= 11 is 0. The Bertz CT molecular complexity index is 552. The SMILES string of the molecule is CC(C(=O)O)N(C)C(=O)C1(c2cccc(F)c2)CCCC1. The van der Waals surface area contributed by atoms with Crippen molar-refractivity contribution in [1.82, 2.24) is 4.90 Å². The van der Waals surface area contributed by atoms with E-state index in [-0.39, 0.29) is 11.7 Å². The molecular weight excluding hydrogens is 273 g/mol. The molecule has 1 atom stereocenters. The first-order chi connectivity index (χ1) is 9.88. The van der Waals surface area contributed by atoms with Gasteiger partial charge in [-0.3, -0.25) is 4.79 Å². The number of benzene rings is 1. The Hall–Kier alpha value is -1.91. The van der Waals surface area contributed by atoms with E-state index in [4.69, 9.17) is 5.11 Å². The molecule has 1 N–H and O–H groups in total. The van der Waals surface area contributed by atoms with Gasteiger partial charge in [-0.05, 0) is 37.5 Å². The third-order valence-corrected chi connectivity index (χ3v) is 4.50. The molecule has 0 aromatic heterocycles. The number of carboxylic acid groups (broad SMARTS) is 1. The molecule has 1 saturated carbocycles. The normalized spacial score (nSPS) is 18.2. The van der Waals surface area contributed by atoms with E-state index in [1.165, 1.54) is 31.0 Å². The van der Waals surface area contributed by atoms with Gasteiger partial charge in [0.05, 0.1) is 5.41 Å². The molecule has 1 aromatic carbocycles. The fourth-order valence-corrected chi connectivity index (χ4v) is 3.07. The number of hydrogen-bond donors (Lipinski definition) is 1. The van der Waals surface area contributed by atoms with Crippen LogP contribution in [0.4, 0.5) is 4.39 Å². The Morgan fingerprint density at radius 1 is 1.33 bits per heavy atom. The van der Waals surface area contributed by atoms with E-state index in [1.54, 1.807) is 12.1 Å². The molecule has 0 bridgehead atoms. The molecule has 4 nitrogen and oxygen atoms in total. The molecule has 0 radical (unpaired) electrons. The number of amides is 1. The summed E-state index contributed by atoms with van der Waals surface area (Å²) in [6.45, 7) is 1.48. The van der Waals surface area contributed by atoms with Crippen molar-refractivity contribution in [1.29, 1.82) is 0 Å². The maximum Gasteiger partial charge on any atom is 0.326 e. The van der Waals surface area contributed by atoms with E-state index < -0.39 is 17.4 Å². The molecule has 1 unspecified atom stereocenters. The van der Waals surface area contributed by atoms with Gasteiger partial charge >= 0.3 is 5.97 Å². The molecule has 2 rings (SSSR count). The number of hydrogen-bond acceptors (Lipinski definition) is 2. The van der Waals surface area contributed by atoms with Gasteiger partial charge in [0.25, 0.3) is 0 Å². The van der Waals surface area contributed by atoms with E-state index >= 15 is 0 Å². The zero-order valence-electron chi connectivity index (χ0n) is 12.3. The Balaban J connectivity index is 2.39. The highest BCUT2D eigenvalue weighted by molar-refractivity contribution is 5.91. The van der Waals surface area contributed by atoms with Gasteiger partial charge in [-0.15, -0.1) is 0 Å². The average molecular weight is 293 g/mol. The lowest BCUT2D eigenvalue weighted by molar-refractivity contribution is -0.150. The predicted octanol–water partition coefficient (Wildman–Crippen LogP) is 2.57. The number of carboxylic acids is 1. The zero-order chi connectivity index (χ0) is 15.6. The van der Waals surface area contributed by atoms with Crippen LogP contribution in [0.5, 0.6) is 0 Å². The molecule has 21 heavy (non-hydrogen) atoms. The molecular formula is C16H20FNO3. The zero-order valence-corrected chi connectivity index (χ0v) is 12.3. The summed E-state index contributed by atoms with van der Waals surface area (Å²) in [5.74, 6) is -1.65. The van der Waals surface area contributed by atoms with Gasteiger partial charge in [0, 0.05) is 7.05 Å². The summed E-state index contributed by atoms with van der Waals surface area (Å²) in [5.41, 5.74) is -0.143. The molecule has 0 heterocycles. The predicted molar refractivity (Wildman–Crippen MR) is 76.4 cm³/mol. The van der Waals surface area contributed by atoms with E-state index in [2.05, 4.69) is 0 Å². The molecule has 0 saturated heterocycles. The van der Waals surface area contributed by atoms with Crippen LogP contribution in [0.2, 0.25) is 0 Å². The van der Waals surface area contributed by atoms with E-state index in [1.807, 2.05) is 0 Å². The van der Waals surface area contributed by atoms with Crippen LogP contribution in [0, 0.1) is 5.82 Å². The van der Waals surface area contributed by atoms with E-state index in [0.717, 1.165) is 12.8 Å². The molecule has 5 heteroatoms. The van der Waals surface area contributed by atoms with Crippen LogP contribution in [0.3, 0.4) is 0 Å². The Kier molecular flexibility index (Phi) is 4.30. The average Bonchev–Trinajstić information content (AvgIpc) is 2.95. The van der Waals surface area contributed by atoms with Crippen LogP contribution < -0.4 is 0 Å². The number of likely N-dealkylation sites (N-methyl/N-ethyl adjacent to an activating group) is 1. The van der Waals surface area contributed by atoms with Gasteiger partial charge in [-0.1, -0.05) is 25.0 Å². The number of aliphatic carboxylic acids is 1. The Labute approximate surface area is 123 Å². The number of halogens is 1. The highest BCUT2D eigenvalue weighted by Gasteiger charge is 2.45. The molecule has 0 spiro atoms. The lowest BCUT2D eigenvalue weighted by atomic mass is 9.77. The minimum Gasteiger partial charge on any atom is -0.480 e. The van der Waals surface area contributed by atoms with Crippen LogP contribution in [0.25, 0.3) is 0 Å². The summed E-state index contributed by atoms with van der Waals surface area (Å²) in [6.07, 6.45) is 3.03. The van der Waals surface area contributed by atoms with Crippen molar-refractivity contribution in [3.05, 3.63) is 35.6 Å². The smallest absolute Gasteiger partial charge is 0.326 e. The molecule has 0 aliphatic heterocycles. The first-order valence-electron chi connectivity index (χ1n) is 7.14. The quantitative estimate of drug-likeness (QED) is 0.928. The van der Waals surface area contributed by atoms with E-state index in [9.17, 15) is 14.0 Å². The van der Waals surface area contributed by atoms with Crippen molar-refractivity contribution in [3.63, 3.8) is 0 Å². The minimum absolute atomic E-state index is 0.236. The Morgan fingerprint density at radius 2 is 1.95 bits per heavy atom. The second kappa shape index (κ2) is 5.84. The molecule has 1 fully saturated rings. The van der Waals surface area contributed by atoms with Crippen molar-refractivity contribution in [2.24, 2.45) is 0 Å². The third-order valence-electron chi connectivity index (χ3n) is 4.50. The van der Waals surface area contributed by atoms with Gasteiger partial charge in [-0.25, -0.2) is 9.18 Å². The Morgan fingerprint density at radius 3 is 2.48 bits per heavy atom. The highest BCUT2D eigenvalue weighted by atomic mass is 19.1. The standard InChI is InChI=1S/C16H20FNO3/c1-11(14(19)20)18(2)15(21)16(8-3-4-9-16)12-6-5-7-13(17)10-12/h5-7,10-11H,3-4,8-9H2,1-2H3,(H,19,20). The van der Waals surface area contributed by atoms with Crippen LogP contribution in [-0.2, 0) is 15.0 Å². The summed E-state index contributed by atoms with van der Waals surface area (Å²) in [6, 6.07) is 5.19. The van der Waals surface area contributed by atoms with Crippen molar-refractivity contribution in [2.75, 3.05) is 7.05 Å². The lowest BCUT2D eigenvalue weighted by Gasteiger charge is -2.34. The van der Waals surface area contributed by atoms with Gasteiger partial charge in [0.2, 0.25) is 5.91 Å². The topological polar surface area (TPSA) is 57.6 Å². The first-order valence-corrected chi connectivity index (χ1v) is 7.14. The summed E-state index contributed by atoms with van der Waals surface area (Å²) in [4.78, 5) is 25.2. The van der Waals surface area contributed by atoms with Crippen LogP contribution in [0.1, 0.15) is 38.2 Å². The monoisotopic (exact) mass is 293 g/mol. The fourth-order valence-electron chi connectivity index (χ4n) is 3.07. The van der Waals surface area contributed by atoms with Gasteiger partial charge in [-0.2, -0.15) is 0 Å². The second-order valence-electron chi connectivity index (χ2n) is 5.73. The van der Waals surface area contributed by atoms with Crippen LogP contribution >= 0.6 is 0 Å². The summed E-state index contributed by atoms with van der Waals surface area (Å²) < 4.78 is 13.5. The third kappa shape index (κ3) is 2.77. The van der Waals surface area contributed by atoms with Crippen molar-refractivity contribution in [2.45, 2.75) is 44.1 Å². The number of carbonyl (C=O) groups is 2. The summed E-state index contributed by atoms with van der Waals surface area (Å²) in [7, 11) is 1.50. The molecule has 1 amide bonds. The van der Waals surface area contributed by atoms with Crippen molar-refractivity contribution >= 4 is 11.9 Å². The largest absolute Gasteiger partial charge is 0.480 e. The van der Waals surface area contributed by atoms with Crippen molar-refractivity contribution in [3.8, 4) is 0 Å². The maximum atomic E-state index is 13.5. The van der Waals surface area contributed by atoms with Gasteiger partial charge < -0.3 is 10.0 Å². The second-order valence-corrected chi connectivity index (χ2v) is 5.73. The fraction of sp³-hybridized carbons (Fsp3) is 0.500. The maximum absolute atomic E-state index is 13.5. The van der Waals surface area contributed by atoms with E-state index in [0.29, 0.717) is 18.4 Å². The molecule has 114 valence electrons. The highest BCUT2D eigenvalue weighted by Crippen LogP contribution is 2.42. The molecule has 1 aliphatic rings. The molecule has 1 aliphatic carbocycles. The lowest BCUT2D eigenvalue weighted by Crippen LogP contribution is -2.49.